The lowest BCUT2D eigenvalue weighted by Gasteiger charge is -2.37. The number of anilines is 1. The first kappa shape index (κ1) is 24.7. The molecule has 10 heteroatoms. The van der Waals surface area contributed by atoms with Gasteiger partial charge in [-0.25, -0.2) is 4.98 Å². The summed E-state index contributed by atoms with van der Waals surface area (Å²) in [6.07, 6.45) is 4.53. The van der Waals surface area contributed by atoms with E-state index in [1.54, 1.807) is 11.1 Å². The molecule has 10 nitrogen and oxygen atoms in total. The Morgan fingerprint density at radius 2 is 1.43 bits per heavy atom. The zero-order chi connectivity index (χ0) is 24.8. The number of piperazine rings is 2. The van der Waals surface area contributed by atoms with Crippen molar-refractivity contribution < 1.29 is 14.4 Å². The van der Waals surface area contributed by atoms with Crippen molar-refractivity contribution in [2.75, 3.05) is 70.8 Å². The van der Waals surface area contributed by atoms with Gasteiger partial charge in [0.25, 0.3) is 5.91 Å². The molecule has 2 aliphatic heterocycles. The predicted octanol–water partition coefficient (Wildman–Crippen LogP) is 0.634. The first-order valence-corrected chi connectivity index (χ1v) is 12.0. The largest absolute Gasteiger partial charge is 0.339 e. The predicted molar refractivity (Wildman–Crippen MR) is 132 cm³/mol. The number of nitrogens with zero attached hydrogens (tertiary/aromatic N) is 6. The summed E-state index contributed by atoms with van der Waals surface area (Å²) in [5, 5.41) is 3.03. The first-order valence-electron chi connectivity index (χ1n) is 12.0. The fourth-order valence-electron chi connectivity index (χ4n) is 4.52. The maximum absolute atomic E-state index is 12.8. The van der Waals surface area contributed by atoms with Gasteiger partial charge in [0.05, 0.1) is 19.3 Å². The highest BCUT2D eigenvalue weighted by atomic mass is 16.2. The lowest BCUT2D eigenvalue weighted by molar-refractivity contribution is -0.134. The van der Waals surface area contributed by atoms with Crippen LogP contribution in [0.15, 0.2) is 36.8 Å². The Balaban J connectivity index is 1.17. The van der Waals surface area contributed by atoms with Gasteiger partial charge >= 0.3 is 0 Å². The maximum atomic E-state index is 12.8. The lowest BCUT2D eigenvalue weighted by Crippen LogP contribution is -2.55. The third kappa shape index (κ3) is 6.40. The molecular weight excluding hydrogens is 446 g/mol. The SMILES string of the molecule is Cc1cccc(C)c1NC(=O)CN1CCN(C(=O)CN2CCN(C(=O)c3cnccn3)CC2)CC1. The van der Waals surface area contributed by atoms with Crippen LogP contribution in [0, 0.1) is 13.8 Å². The van der Waals surface area contributed by atoms with E-state index in [1.165, 1.54) is 12.4 Å². The third-order valence-electron chi connectivity index (χ3n) is 6.64. The van der Waals surface area contributed by atoms with Crippen LogP contribution in [0.2, 0.25) is 0 Å². The molecule has 2 aromatic rings. The van der Waals surface area contributed by atoms with Gasteiger partial charge in [-0.2, -0.15) is 0 Å². The molecule has 1 N–H and O–H groups in total. The van der Waals surface area contributed by atoms with Gasteiger partial charge in [-0.15, -0.1) is 0 Å². The molecule has 0 radical (unpaired) electrons. The first-order chi connectivity index (χ1) is 16.9. The number of benzene rings is 1. The van der Waals surface area contributed by atoms with Crippen molar-refractivity contribution in [2.45, 2.75) is 13.8 Å². The van der Waals surface area contributed by atoms with Crippen molar-refractivity contribution >= 4 is 23.4 Å². The number of aryl methyl sites for hydroxylation is 2. The fourth-order valence-corrected chi connectivity index (χ4v) is 4.52. The van der Waals surface area contributed by atoms with Crippen molar-refractivity contribution in [3.63, 3.8) is 0 Å². The molecule has 186 valence electrons. The zero-order valence-electron chi connectivity index (χ0n) is 20.4. The molecular formula is C25H33N7O3. The molecule has 2 fully saturated rings. The maximum Gasteiger partial charge on any atom is 0.274 e. The number of amides is 3. The van der Waals surface area contributed by atoms with Gasteiger partial charge in [0.2, 0.25) is 11.8 Å². The minimum Gasteiger partial charge on any atom is -0.339 e. The molecule has 0 atom stereocenters. The topological polar surface area (TPSA) is 102 Å². The lowest BCUT2D eigenvalue weighted by atomic mass is 10.1. The van der Waals surface area contributed by atoms with Gasteiger partial charge in [-0.3, -0.25) is 29.2 Å². The Morgan fingerprint density at radius 3 is 2.03 bits per heavy atom. The molecule has 0 spiro atoms. The summed E-state index contributed by atoms with van der Waals surface area (Å²) < 4.78 is 0. The second kappa shape index (κ2) is 11.4. The fraction of sp³-hybridized carbons (Fsp3) is 0.480. The van der Waals surface area contributed by atoms with Crippen molar-refractivity contribution in [3.8, 4) is 0 Å². The Labute approximate surface area is 205 Å². The second-order valence-electron chi connectivity index (χ2n) is 9.13. The van der Waals surface area contributed by atoms with E-state index in [4.69, 9.17) is 0 Å². The van der Waals surface area contributed by atoms with E-state index in [9.17, 15) is 14.4 Å². The van der Waals surface area contributed by atoms with Crippen molar-refractivity contribution in [1.82, 2.24) is 29.6 Å². The minimum absolute atomic E-state index is 0.0314. The van der Waals surface area contributed by atoms with Crippen LogP contribution in [-0.4, -0.2) is 113 Å². The summed E-state index contributed by atoms with van der Waals surface area (Å²) in [5.74, 6) is -0.0590. The quantitative estimate of drug-likeness (QED) is 0.649. The van der Waals surface area contributed by atoms with E-state index in [2.05, 4.69) is 25.1 Å². The molecule has 4 rings (SSSR count). The smallest absolute Gasteiger partial charge is 0.274 e. The molecule has 2 aliphatic rings. The number of hydrogen-bond acceptors (Lipinski definition) is 7. The van der Waals surface area contributed by atoms with Gasteiger partial charge in [-0.1, -0.05) is 18.2 Å². The van der Waals surface area contributed by atoms with Crippen molar-refractivity contribution in [2.24, 2.45) is 0 Å². The number of carbonyl (C=O) groups is 3. The molecule has 3 amide bonds. The van der Waals surface area contributed by atoms with Gasteiger partial charge in [0.1, 0.15) is 5.69 Å². The molecule has 2 saturated heterocycles. The van der Waals surface area contributed by atoms with E-state index in [-0.39, 0.29) is 17.7 Å². The Bertz CT molecular complexity index is 1030. The number of hydrogen-bond donors (Lipinski definition) is 1. The summed E-state index contributed by atoms with van der Waals surface area (Å²) >= 11 is 0. The molecule has 3 heterocycles. The number of aromatic nitrogens is 2. The average molecular weight is 480 g/mol. The van der Waals surface area contributed by atoms with Crippen LogP contribution < -0.4 is 5.32 Å². The number of nitrogens with one attached hydrogen (secondary N) is 1. The van der Waals surface area contributed by atoms with Gasteiger partial charge < -0.3 is 15.1 Å². The highest BCUT2D eigenvalue weighted by Crippen LogP contribution is 2.19. The van der Waals surface area contributed by atoms with Gasteiger partial charge in [0, 0.05) is 70.4 Å². The standard InChI is InChI=1S/C25H33N7O3/c1-19-4-3-5-20(2)24(19)28-22(33)17-29-8-12-31(13-9-29)23(34)18-30-10-14-32(15-11-30)25(35)21-16-26-6-7-27-21/h3-7,16H,8-15,17-18H2,1-2H3,(H,28,33). The molecule has 1 aromatic heterocycles. The van der Waals surface area contributed by atoms with Crippen LogP contribution in [0.25, 0.3) is 0 Å². The van der Waals surface area contributed by atoms with E-state index in [1.807, 2.05) is 36.9 Å². The van der Waals surface area contributed by atoms with Crippen LogP contribution in [0.3, 0.4) is 0 Å². The Hall–Kier alpha value is -3.37. The Kier molecular flexibility index (Phi) is 8.04. The van der Waals surface area contributed by atoms with Crippen LogP contribution in [0.4, 0.5) is 5.69 Å². The number of carbonyl (C=O) groups excluding carboxylic acids is 3. The minimum atomic E-state index is -0.123. The monoisotopic (exact) mass is 479 g/mol. The van der Waals surface area contributed by atoms with Gasteiger partial charge in [-0.05, 0) is 25.0 Å². The molecule has 35 heavy (non-hydrogen) atoms. The normalized spacial score (nSPS) is 17.3. The summed E-state index contributed by atoms with van der Waals surface area (Å²) in [6, 6.07) is 5.96. The van der Waals surface area contributed by atoms with E-state index >= 15 is 0 Å². The van der Waals surface area contributed by atoms with Crippen molar-refractivity contribution in [1.29, 1.82) is 0 Å². The molecule has 0 unspecified atom stereocenters. The molecule has 1 aromatic carbocycles. The van der Waals surface area contributed by atoms with Crippen LogP contribution >= 0.6 is 0 Å². The summed E-state index contributed by atoms with van der Waals surface area (Å²) in [4.78, 5) is 53.7. The third-order valence-corrected chi connectivity index (χ3v) is 6.64. The summed E-state index contributed by atoms with van der Waals surface area (Å²) in [5.41, 5.74) is 3.32. The van der Waals surface area contributed by atoms with Crippen LogP contribution in [-0.2, 0) is 9.59 Å². The number of rotatable bonds is 6. The van der Waals surface area contributed by atoms with Crippen LogP contribution in [0.5, 0.6) is 0 Å². The zero-order valence-corrected chi connectivity index (χ0v) is 20.4. The molecule has 0 bridgehead atoms. The molecule has 0 aliphatic carbocycles. The van der Waals surface area contributed by atoms with Gasteiger partial charge in [0.15, 0.2) is 0 Å². The number of para-hydroxylation sites is 1. The highest BCUT2D eigenvalue weighted by molar-refractivity contribution is 5.94. The van der Waals surface area contributed by atoms with E-state index in [0.717, 1.165) is 16.8 Å². The molecule has 0 saturated carbocycles. The second-order valence-corrected chi connectivity index (χ2v) is 9.13. The Morgan fingerprint density at radius 1 is 0.829 bits per heavy atom. The summed E-state index contributed by atoms with van der Waals surface area (Å²) in [7, 11) is 0. The van der Waals surface area contributed by atoms with E-state index < -0.39 is 0 Å². The average Bonchev–Trinajstić information content (AvgIpc) is 2.87. The van der Waals surface area contributed by atoms with Crippen molar-refractivity contribution in [3.05, 3.63) is 53.6 Å². The highest BCUT2D eigenvalue weighted by Gasteiger charge is 2.27. The van der Waals surface area contributed by atoms with E-state index in [0.29, 0.717) is 71.1 Å². The summed E-state index contributed by atoms with van der Waals surface area (Å²) in [6.45, 7) is 9.63. The van der Waals surface area contributed by atoms with Crippen LogP contribution in [0.1, 0.15) is 21.6 Å².